The smallest absolute Gasteiger partial charge is 0.313 e. The number of halogens is 1. The van der Waals surface area contributed by atoms with Gasteiger partial charge in [0.05, 0.1) is 11.6 Å². The van der Waals surface area contributed by atoms with Crippen LogP contribution in [0.5, 0.6) is 0 Å². The maximum absolute atomic E-state index is 12.8. The van der Waals surface area contributed by atoms with E-state index in [1.807, 2.05) is 6.07 Å². The first kappa shape index (κ1) is 13.2. The van der Waals surface area contributed by atoms with Crippen molar-refractivity contribution >= 4 is 5.97 Å². The molecule has 0 aliphatic heterocycles. The summed E-state index contributed by atoms with van der Waals surface area (Å²) >= 11 is 0. The Hall–Kier alpha value is -2.23. The molecule has 1 atom stereocenters. The Morgan fingerprint density at radius 3 is 2.63 bits per heavy atom. The summed E-state index contributed by atoms with van der Waals surface area (Å²) in [7, 11) is 0. The number of hydrogen-bond donors (Lipinski definition) is 0. The second-order valence-electron chi connectivity index (χ2n) is 4.20. The van der Waals surface area contributed by atoms with Crippen molar-refractivity contribution in [1.82, 2.24) is 4.98 Å². The maximum atomic E-state index is 12.8. The summed E-state index contributed by atoms with van der Waals surface area (Å²) in [6.07, 6.45) is 1.65. The minimum absolute atomic E-state index is 0.144. The van der Waals surface area contributed by atoms with Crippen LogP contribution in [0.25, 0.3) is 0 Å². The average Bonchev–Trinajstić information content (AvgIpc) is 2.46. The van der Waals surface area contributed by atoms with E-state index in [0.717, 1.165) is 5.56 Å². The fourth-order valence-corrected chi connectivity index (χ4v) is 1.64. The van der Waals surface area contributed by atoms with Crippen LogP contribution in [0.2, 0.25) is 0 Å². The van der Waals surface area contributed by atoms with Gasteiger partial charge in [0.1, 0.15) is 12.4 Å². The number of rotatable bonds is 4. The summed E-state index contributed by atoms with van der Waals surface area (Å²) in [6.45, 7) is 1.87. The fraction of sp³-hybridized carbons (Fsp3) is 0.200. The van der Waals surface area contributed by atoms with Crippen LogP contribution >= 0.6 is 0 Å². The molecule has 0 bridgehead atoms. The molecule has 98 valence electrons. The number of pyridine rings is 1. The van der Waals surface area contributed by atoms with Crippen molar-refractivity contribution in [2.75, 3.05) is 0 Å². The molecule has 0 radical (unpaired) electrons. The lowest BCUT2D eigenvalue weighted by atomic mass is 10.0. The Labute approximate surface area is 111 Å². The summed E-state index contributed by atoms with van der Waals surface area (Å²) in [5.74, 6) is -1.10. The molecule has 1 aromatic heterocycles. The summed E-state index contributed by atoms with van der Waals surface area (Å²) in [5, 5.41) is 0. The number of carbonyl (C=O) groups is 1. The van der Waals surface area contributed by atoms with E-state index in [4.69, 9.17) is 4.74 Å². The zero-order chi connectivity index (χ0) is 13.7. The Morgan fingerprint density at radius 1 is 1.26 bits per heavy atom. The molecule has 1 unspecified atom stereocenters. The number of nitrogens with zero attached hydrogens (tertiary/aromatic N) is 1. The molecule has 0 saturated heterocycles. The third-order valence-electron chi connectivity index (χ3n) is 2.81. The van der Waals surface area contributed by atoms with E-state index in [1.54, 1.807) is 37.4 Å². The van der Waals surface area contributed by atoms with E-state index in [0.29, 0.717) is 5.69 Å². The number of carbonyl (C=O) groups excluding carboxylic acids is 1. The van der Waals surface area contributed by atoms with Gasteiger partial charge in [-0.25, -0.2) is 4.39 Å². The van der Waals surface area contributed by atoms with Crippen molar-refractivity contribution in [1.29, 1.82) is 0 Å². The number of benzene rings is 1. The van der Waals surface area contributed by atoms with Gasteiger partial charge in [0.25, 0.3) is 0 Å². The maximum Gasteiger partial charge on any atom is 0.313 e. The standard InChI is InChI=1S/C15H14FNO2/c1-11(12-5-7-13(16)8-6-12)15(18)19-10-14-4-2-3-9-17-14/h2-9,11H,10H2,1H3. The van der Waals surface area contributed by atoms with Crippen LogP contribution < -0.4 is 0 Å². The summed E-state index contributed by atoms with van der Waals surface area (Å²) in [5.41, 5.74) is 1.43. The molecule has 0 fully saturated rings. The SMILES string of the molecule is CC(C(=O)OCc1ccccn1)c1ccc(F)cc1. The van der Waals surface area contributed by atoms with Crippen LogP contribution in [0.15, 0.2) is 48.7 Å². The van der Waals surface area contributed by atoms with Crippen molar-refractivity contribution in [2.24, 2.45) is 0 Å². The summed E-state index contributed by atoms with van der Waals surface area (Å²) in [4.78, 5) is 15.9. The first-order valence-corrected chi connectivity index (χ1v) is 5.99. The summed E-state index contributed by atoms with van der Waals surface area (Å²) < 4.78 is 18.0. The van der Waals surface area contributed by atoms with Gasteiger partial charge in [-0.2, -0.15) is 0 Å². The summed E-state index contributed by atoms with van der Waals surface area (Å²) in [6, 6.07) is 11.3. The molecule has 1 aromatic carbocycles. The van der Waals surface area contributed by atoms with E-state index >= 15 is 0 Å². The predicted molar refractivity (Wildman–Crippen MR) is 68.8 cm³/mol. The van der Waals surface area contributed by atoms with Crippen molar-refractivity contribution in [2.45, 2.75) is 19.4 Å². The second kappa shape index (κ2) is 6.09. The molecule has 19 heavy (non-hydrogen) atoms. The zero-order valence-electron chi connectivity index (χ0n) is 10.5. The number of esters is 1. The Bertz CT molecular complexity index is 540. The molecule has 4 heteroatoms. The number of hydrogen-bond acceptors (Lipinski definition) is 3. The van der Waals surface area contributed by atoms with Crippen molar-refractivity contribution < 1.29 is 13.9 Å². The van der Waals surface area contributed by atoms with E-state index in [-0.39, 0.29) is 18.4 Å². The monoisotopic (exact) mass is 259 g/mol. The highest BCUT2D eigenvalue weighted by Crippen LogP contribution is 2.17. The number of ether oxygens (including phenoxy) is 1. The molecule has 0 amide bonds. The first-order chi connectivity index (χ1) is 9.16. The minimum Gasteiger partial charge on any atom is -0.459 e. The van der Waals surface area contributed by atoms with Gasteiger partial charge in [-0.05, 0) is 36.8 Å². The molecule has 2 aromatic rings. The molecule has 0 aliphatic carbocycles. The molecule has 1 heterocycles. The fourth-order valence-electron chi connectivity index (χ4n) is 1.64. The highest BCUT2D eigenvalue weighted by molar-refractivity contribution is 5.77. The lowest BCUT2D eigenvalue weighted by Gasteiger charge is -2.11. The average molecular weight is 259 g/mol. The van der Waals surface area contributed by atoms with Crippen LogP contribution in [-0.2, 0) is 16.1 Å². The topological polar surface area (TPSA) is 39.2 Å². The van der Waals surface area contributed by atoms with Gasteiger partial charge in [0, 0.05) is 6.20 Å². The van der Waals surface area contributed by atoms with Crippen LogP contribution in [-0.4, -0.2) is 11.0 Å². The molecule has 0 aliphatic rings. The quantitative estimate of drug-likeness (QED) is 0.792. The van der Waals surface area contributed by atoms with E-state index in [1.165, 1.54) is 12.1 Å². The Kier molecular flexibility index (Phi) is 4.23. The van der Waals surface area contributed by atoms with Crippen molar-refractivity contribution in [3.05, 3.63) is 65.7 Å². The molecule has 0 N–H and O–H groups in total. The van der Waals surface area contributed by atoms with Crippen LogP contribution in [0.4, 0.5) is 4.39 Å². The predicted octanol–water partition coefficient (Wildman–Crippen LogP) is 3.07. The van der Waals surface area contributed by atoms with Crippen molar-refractivity contribution in [3.63, 3.8) is 0 Å². The van der Waals surface area contributed by atoms with Crippen LogP contribution in [0, 0.1) is 5.82 Å². The molecule has 2 rings (SSSR count). The van der Waals surface area contributed by atoms with Gasteiger partial charge >= 0.3 is 5.97 Å². The van der Waals surface area contributed by atoms with Gasteiger partial charge < -0.3 is 4.74 Å². The molecule has 3 nitrogen and oxygen atoms in total. The molecule has 0 saturated carbocycles. The lowest BCUT2D eigenvalue weighted by Crippen LogP contribution is -2.13. The first-order valence-electron chi connectivity index (χ1n) is 5.99. The minimum atomic E-state index is -0.427. The Morgan fingerprint density at radius 2 is 2.00 bits per heavy atom. The normalized spacial score (nSPS) is 11.9. The molecule has 0 spiro atoms. The highest BCUT2D eigenvalue weighted by Gasteiger charge is 2.16. The van der Waals surface area contributed by atoms with Crippen LogP contribution in [0.1, 0.15) is 24.1 Å². The Balaban J connectivity index is 1.94. The largest absolute Gasteiger partial charge is 0.459 e. The van der Waals surface area contributed by atoms with Gasteiger partial charge in [0.15, 0.2) is 0 Å². The van der Waals surface area contributed by atoms with Gasteiger partial charge in [0.2, 0.25) is 0 Å². The highest BCUT2D eigenvalue weighted by atomic mass is 19.1. The van der Waals surface area contributed by atoms with Gasteiger partial charge in [-0.1, -0.05) is 18.2 Å². The van der Waals surface area contributed by atoms with Gasteiger partial charge in [-0.3, -0.25) is 9.78 Å². The van der Waals surface area contributed by atoms with E-state index < -0.39 is 5.92 Å². The number of aromatic nitrogens is 1. The molecular weight excluding hydrogens is 245 g/mol. The third kappa shape index (κ3) is 3.61. The van der Waals surface area contributed by atoms with Crippen molar-refractivity contribution in [3.8, 4) is 0 Å². The van der Waals surface area contributed by atoms with E-state index in [2.05, 4.69) is 4.98 Å². The lowest BCUT2D eigenvalue weighted by molar-refractivity contribution is -0.146. The molecular formula is C15H14FNO2. The van der Waals surface area contributed by atoms with Crippen LogP contribution in [0.3, 0.4) is 0 Å². The zero-order valence-corrected chi connectivity index (χ0v) is 10.5. The third-order valence-corrected chi connectivity index (χ3v) is 2.81. The van der Waals surface area contributed by atoms with Gasteiger partial charge in [-0.15, -0.1) is 0 Å². The van der Waals surface area contributed by atoms with E-state index in [9.17, 15) is 9.18 Å². The second-order valence-corrected chi connectivity index (χ2v) is 4.20.